The average molecular weight is 355 g/mol. The van der Waals surface area contributed by atoms with Crippen molar-refractivity contribution in [1.82, 2.24) is 9.88 Å². The molecule has 0 aliphatic carbocycles. The van der Waals surface area contributed by atoms with Gasteiger partial charge in [-0.15, -0.1) is 0 Å². The zero-order chi connectivity index (χ0) is 15.6. The molecule has 1 fully saturated rings. The lowest BCUT2D eigenvalue weighted by Crippen LogP contribution is -2.44. The second-order valence-electron chi connectivity index (χ2n) is 6.71. The highest BCUT2D eigenvalue weighted by Gasteiger charge is 2.32. The Morgan fingerprint density at radius 1 is 1.48 bits per heavy atom. The summed E-state index contributed by atoms with van der Waals surface area (Å²) in [7, 11) is 0. The summed E-state index contributed by atoms with van der Waals surface area (Å²) in [5, 5.41) is 0. The number of piperidine rings is 1. The first-order valence-electron chi connectivity index (χ1n) is 7.35. The minimum Gasteiger partial charge on any atom is -0.444 e. The van der Waals surface area contributed by atoms with E-state index in [1.165, 1.54) is 5.56 Å². The number of likely N-dealkylation sites (tertiary alicyclic amines) is 1. The molecule has 0 spiro atoms. The number of nitrogens with zero attached hydrogens (tertiary/aromatic N) is 2. The van der Waals surface area contributed by atoms with E-state index >= 15 is 0 Å². The van der Waals surface area contributed by atoms with E-state index < -0.39 is 5.60 Å². The number of carbonyl (C=O) groups is 1. The monoisotopic (exact) mass is 354 g/mol. The van der Waals surface area contributed by atoms with E-state index in [1.807, 2.05) is 31.9 Å². The largest absolute Gasteiger partial charge is 0.444 e. The van der Waals surface area contributed by atoms with Crippen LogP contribution in [-0.4, -0.2) is 34.7 Å². The number of halogens is 1. The Bertz CT molecular complexity index is 513. The number of aromatic nitrogens is 1. The Kier molecular flexibility index (Phi) is 4.91. The molecular weight excluding hydrogens is 332 g/mol. The Balaban J connectivity index is 2.01. The average Bonchev–Trinajstić information content (AvgIpc) is 2.36. The number of hydrogen-bond donors (Lipinski definition) is 0. The van der Waals surface area contributed by atoms with Crippen LogP contribution in [0.2, 0.25) is 0 Å². The van der Waals surface area contributed by atoms with Crippen molar-refractivity contribution < 1.29 is 9.53 Å². The van der Waals surface area contributed by atoms with Gasteiger partial charge in [-0.1, -0.05) is 6.92 Å². The summed E-state index contributed by atoms with van der Waals surface area (Å²) in [6.07, 6.45) is 2.58. The number of pyridine rings is 1. The third-order valence-corrected chi connectivity index (χ3v) is 4.17. The van der Waals surface area contributed by atoms with Gasteiger partial charge < -0.3 is 9.64 Å². The normalized spacial score (nSPS) is 23.0. The summed E-state index contributed by atoms with van der Waals surface area (Å²) >= 11 is 3.42. The van der Waals surface area contributed by atoms with Gasteiger partial charge in [0.15, 0.2) is 0 Å². The second-order valence-corrected chi connectivity index (χ2v) is 7.52. The second kappa shape index (κ2) is 6.34. The maximum Gasteiger partial charge on any atom is 0.410 e. The van der Waals surface area contributed by atoms with Crippen molar-refractivity contribution in [1.29, 1.82) is 0 Å². The first-order valence-corrected chi connectivity index (χ1v) is 8.15. The molecule has 1 aromatic heterocycles. The van der Waals surface area contributed by atoms with Gasteiger partial charge in [0.05, 0.1) is 0 Å². The number of amides is 1. The van der Waals surface area contributed by atoms with Gasteiger partial charge in [0.25, 0.3) is 0 Å². The summed E-state index contributed by atoms with van der Waals surface area (Å²) in [5.41, 5.74) is 0.848. The first-order chi connectivity index (χ1) is 9.76. The Morgan fingerprint density at radius 3 is 2.76 bits per heavy atom. The highest BCUT2D eigenvalue weighted by Crippen LogP contribution is 2.33. The molecule has 1 aliphatic rings. The molecule has 4 nitrogen and oxygen atoms in total. The summed E-state index contributed by atoms with van der Waals surface area (Å²) in [6.45, 7) is 9.36. The molecule has 0 N–H and O–H groups in total. The maximum absolute atomic E-state index is 12.1. The van der Waals surface area contributed by atoms with Gasteiger partial charge >= 0.3 is 6.09 Å². The number of ether oxygens (including phenoxy) is 1. The minimum atomic E-state index is -0.437. The van der Waals surface area contributed by atoms with E-state index in [0.717, 1.165) is 24.1 Å². The predicted octanol–water partition coefficient (Wildman–Crippen LogP) is 4.20. The SMILES string of the molecule is CC1CN(C(=O)OC(C)(C)C)CCC1c1ccnc(Br)c1. The van der Waals surface area contributed by atoms with Crippen LogP contribution in [0.4, 0.5) is 4.79 Å². The third kappa shape index (κ3) is 4.43. The van der Waals surface area contributed by atoms with Gasteiger partial charge in [-0.2, -0.15) is 0 Å². The van der Waals surface area contributed by atoms with Crippen molar-refractivity contribution in [3.63, 3.8) is 0 Å². The topological polar surface area (TPSA) is 42.4 Å². The highest BCUT2D eigenvalue weighted by molar-refractivity contribution is 9.10. The fourth-order valence-corrected chi connectivity index (χ4v) is 3.16. The minimum absolute atomic E-state index is 0.205. The Morgan fingerprint density at radius 2 is 2.19 bits per heavy atom. The lowest BCUT2D eigenvalue weighted by molar-refractivity contribution is 0.0155. The van der Waals surface area contributed by atoms with Crippen LogP contribution in [-0.2, 0) is 4.74 Å². The zero-order valence-electron chi connectivity index (χ0n) is 13.1. The quantitative estimate of drug-likeness (QED) is 0.709. The number of carbonyl (C=O) groups excluding carboxylic acids is 1. The summed E-state index contributed by atoms with van der Waals surface area (Å²) in [4.78, 5) is 18.1. The summed E-state index contributed by atoms with van der Waals surface area (Å²) < 4.78 is 6.32. The van der Waals surface area contributed by atoms with Crippen molar-refractivity contribution in [2.75, 3.05) is 13.1 Å². The van der Waals surface area contributed by atoms with Crippen molar-refractivity contribution in [3.05, 3.63) is 28.5 Å². The van der Waals surface area contributed by atoms with Crippen molar-refractivity contribution in [2.24, 2.45) is 5.92 Å². The highest BCUT2D eigenvalue weighted by atomic mass is 79.9. The van der Waals surface area contributed by atoms with E-state index in [1.54, 1.807) is 0 Å². The van der Waals surface area contributed by atoms with Crippen molar-refractivity contribution in [3.8, 4) is 0 Å². The molecule has 2 atom stereocenters. The van der Waals surface area contributed by atoms with E-state index in [9.17, 15) is 4.79 Å². The smallest absolute Gasteiger partial charge is 0.410 e. The van der Waals surface area contributed by atoms with Crippen molar-refractivity contribution in [2.45, 2.75) is 45.6 Å². The summed E-state index contributed by atoms with van der Waals surface area (Å²) in [5.74, 6) is 0.864. The molecular formula is C16H23BrN2O2. The molecule has 2 unspecified atom stereocenters. The zero-order valence-corrected chi connectivity index (χ0v) is 14.7. The first kappa shape index (κ1) is 16.3. The van der Waals surface area contributed by atoms with Crippen molar-refractivity contribution >= 4 is 22.0 Å². The third-order valence-electron chi connectivity index (χ3n) is 3.74. The van der Waals surface area contributed by atoms with Crippen LogP contribution in [0.3, 0.4) is 0 Å². The van der Waals surface area contributed by atoms with E-state index in [0.29, 0.717) is 11.8 Å². The molecule has 0 saturated carbocycles. The van der Waals surface area contributed by atoms with Crippen LogP contribution in [0.5, 0.6) is 0 Å². The lowest BCUT2D eigenvalue weighted by atomic mass is 9.82. The molecule has 0 radical (unpaired) electrons. The van der Waals surface area contributed by atoms with Crippen LogP contribution >= 0.6 is 15.9 Å². The van der Waals surface area contributed by atoms with E-state index in [4.69, 9.17) is 4.74 Å². The van der Waals surface area contributed by atoms with Gasteiger partial charge in [0.2, 0.25) is 0 Å². The predicted molar refractivity (Wildman–Crippen MR) is 86.3 cm³/mol. The molecule has 1 aliphatic heterocycles. The number of rotatable bonds is 1. The van der Waals surface area contributed by atoms with Crippen LogP contribution in [0.25, 0.3) is 0 Å². The van der Waals surface area contributed by atoms with E-state index in [-0.39, 0.29) is 6.09 Å². The fraction of sp³-hybridized carbons (Fsp3) is 0.625. The molecule has 2 rings (SSSR count). The van der Waals surface area contributed by atoms with Crippen LogP contribution < -0.4 is 0 Å². The van der Waals surface area contributed by atoms with Gasteiger partial charge in [0.1, 0.15) is 10.2 Å². The molecule has 1 saturated heterocycles. The Hall–Kier alpha value is -1.10. The lowest BCUT2D eigenvalue weighted by Gasteiger charge is -2.37. The molecule has 2 heterocycles. The van der Waals surface area contributed by atoms with E-state index in [2.05, 4.69) is 40.0 Å². The summed E-state index contributed by atoms with van der Waals surface area (Å²) in [6, 6.07) is 4.14. The van der Waals surface area contributed by atoms with Crippen LogP contribution in [0.15, 0.2) is 22.9 Å². The molecule has 21 heavy (non-hydrogen) atoms. The van der Waals surface area contributed by atoms with Gasteiger partial charge in [-0.3, -0.25) is 0 Å². The molecule has 0 bridgehead atoms. The van der Waals surface area contributed by atoms with Crippen LogP contribution in [0, 0.1) is 5.92 Å². The molecule has 5 heteroatoms. The molecule has 0 aromatic carbocycles. The molecule has 1 amide bonds. The Labute approximate surface area is 135 Å². The molecule has 116 valence electrons. The van der Waals surface area contributed by atoms with Gasteiger partial charge in [-0.25, -0.2) is 9.78 Å². The maximum atomic E-state index is 12.1. The standard InChI is InChI=1S/C16H23BrN2O2/c1-11-10-19(15(20)21-16(2,3)4)8-6-13(11)12-5-7-18-14(17)9-12/h5,7,9,11,13H,6,8,10H2,1-4H3. The fourth-order valence-electron chi connectivity index (χ4n) is 2.78. The van der Waals surface area contributed by atoms with Gasteiger partial charge in [-0.05, 0) is 72.7 Å². The molecule has 1 aromatic rings. The van der Waals surface area contributed by atoms with Crippen LogP contribution in [0.1, 0.15) is 45.6 Å². The number of hydrogen-bond acceptors (Lipinski definition) is 3. The van der Waals surface area contributed by atoms with Gasteiger partial charge in [0, 0.05) is 19.3 Å².